The molecule has 6 heteroatoms. The summed E-state index contributed by atoms with van der Waals surface area (Å²) in [6.07, 6.45) is 7.89. The number of hydrogen-bond acceptors (Lipinski definition) is 4. The first kappa shape index (κ1) is 26.9. The molecule has 0 spiro atoms. The third kappa shape index (κ3) is 14.9. The number of amides is 2. The highest BCUT2D eigenvalue weighted by Gasteiger charge is 2.21. The van der Waals surface area contributed by atoms with Gasteiger partial charge >= 0.3 is 0 Å². The van der Waals surface area contributed by atoms with E-state index in [9.17, 15) is 9.59 Å². The minimum absolute atomic E-state index is 0.0672. The zero-order chi connectivity index (χ0) is 21.8. The standard InChI is InChI=1S/C22H46N4O2/c1-21(2,3)15-11-8-9-14-18(24-7)20(28)25-16-12-10-13-17(19(23)27)26-22(4,5)6/h17-18,24,26H,8-16H2,1-7H3,(H2,23,27)(H,25,28)/t17-,18-/m0/s1. The van der Waals surface area contributed by atoms with Crippen molar-refractivity contribution in [1.29, 1.82) is 0 Å². The number of rotatable bonds is 14. The zero-order valence-electron chi connectivity index (χ0n) is 19.4. The fourth-order valence-electron chi connectivity index (χ4n) is 3.20. The molecule has 5 N–H and O–H groups in total. The van der Waals surface area contributed by atoms with E-state index in [1.54, 1.807) is 0 Å². The molecular formula is C22H46N4O2. The quantitative estimate of drug-likeness (QED) is 0.338. The Morgan fingerprint density at radius 3 is 1.93 bits per heavy atom. The van der Waals surface area contributed by atoms with Gasteiger partial charge < -0.3 is 21.7 Å². The summed E-state index contributed by atoms with van der Waals surface area (Å²) < 4.78 is 0. The van der Waals surface area contributed by atoms with E-state index >= 15 is 0 Å². The van der Waals surface area contributed by atoms with Crippen molar-refractivity contribution in [2.24, 2.45) is 11.1 Å². The molecule has 0 aromatic rings. The van der Waals surface area contributed by atoms with Gasteiger partial charge in [-0.15, -0.1) is 0 Å². The summed E-state index contributed by atoms with van der Waals surface area (Å²) in [5.41, 5.74) is 5.71. The zero-order valence-corrected chi connectivity index (χ0v) is 19.4. The van der Waals surface area contributed by atoms with Gasteiger partial charge in [-0.3, -0.25) is 9.59 Å². The number of nitrogens with one attached hydrogen (secondary N) is 3. The second-order valence-corrected chi connectivity index (χ2v) is 10.1. The van der Waals surface area contributed by atoms with Crippen molar-refractivity contribution in [3.05, 3.63) is 0 Å². The van der Waals surface area contributed by atoms with Gasteiger partial charge in [0.25, 0.3) is 0 Å². The smallest absolute Gasteiger partial charge is 0.237 e. The number of nitrogens with two attached hydrogens (primary N) is 1. The van der Waals surface area contributed by atoms with Gasteiger partial charge in [0.15, 0.2) is 0 Å². The lowest BCUT2D eigenvalue weighted by Gasteiger charge is -2.26. The second-order valence-electron chi connectivity index (χ2n) is 10.1. The molecule has 6 nitrogen and oxygen atoms in total. The molecule has 28 heavy (non-hydrogen) atoms. The van der Waals surface area contributed by atoms with E-state index in [2.05, 4.69) is 36.7 Å². The SMILES string of the molecule is CN[C@@H](CCCCCC(C)(C)C)C(=O)NCCCC[C@H](NC(C)(C)C)C(N)=O. The van der Waals surface area contributed by atoms with Crippen molar-refractivity contribution in [2.45, 2.75) is 111 Å². The van der Waals surface area contributed by atoms with Crippen LogP contribution in [0, 0.1) is 5.41 Å². The molecule has 0 aromatic heterocycles. The molecule has 2 atom stereocenters. The Kier molecular flexibility index (Phi) is 12.6. The Morgan fingerprint density at radius 1 is 0.857 bits per heavy atom. The third-order valence-corrected chi connectivity index (χ3v) is 4.75. The fourth-order valence-corrected chi connectivity index (χ4v) is 3.20. The maximum Gasteiger partial charge on any atom is 0.237 e. The van der Waals surface area contributed by atoms with E-state index in [1.165, 1.54) is 12.8 Å². The van der Waals surface area contributed by atoms with E-state index < -0.39 is 0 Å². The summed E-state index contributed by atoms with van der Waals surface area (Å²) in [6, 6.07) is -0.454. The lowest BCUT2D eigenvalue weighted by Crippen LogP contribution is -2.50. The topological polar surface area (TPSA) is 96.2 Å². The Hall–Kier alpha value is -1.14. The van der Waals surface area contributed by atoms with Crippen molar-refractivity contribution >= 4 is 11.8 Å². The van der Waals surface area contributed by atoms with Crippen LogP contribution in [0.5, 0.6) is 0 Å². The normalized spacial score (nSPS) is 14.5. The summed E-state index contributed by atoms with van der Waals surface area (Å²) in [7, 11) is 1.84. The molecule has 0 heterocycles. The van der Waals surface area contributed by atoms with Crippen molar-refractivity contribution in [2.75, 3.05) is 13.6 Å². The number of likely N-dealkylation sites (N-methyl/N-ethyl adjacent to an activating group) is 1. The van der Waals surface area contributed by atoms with Crippen molar-refractivity contribution in [3.63, 3.8) is 0 Å². The number of carbonyl (C=O) groups is 2. The van der Waals surface area contributed by atoms with Crippen LogP contribution in [0.2, 0.25) is 0 Å². The van der Waals surface area contributed by atoms with Crippen LogP contribution in [-0.4, -0.2) is 43.0 Å². The molecule has 0 bridgehead atoms. The molecule has 0 aromatic carbocycles. The van der Waals surface area contributed by atoms with E-state index in [4.69, 9.17) is 5.73 Å². The first-order valence-electron chi connectivity index (χ1n) is 10.9. The van der Waals surface area contributed by atoms with Gasteiger partial charge in [0.05, 0.1) is 12.1 Å². The van der Waals surface area contributed by atoms with E-state index in [0.29, 0.717) is 18.4 Å². The van der Waals surface area contributed by atoms with Crippen LogP contribution >= 0.6 is 0 Å². The Labute approximate surface area is 173 Å². The number of primary amides is 1. The second kappa shape index (κ2) is 13.2. The van der Waals surface area contributed by atoms with Crippen LogP contribution in [-0.2, 0) is 9.59 Å². The first-order chi connectivity index (χ1) is 12.9. The molecule has 0 saturated carbocycles. The number of hydrogen-bond donors (Lipinski definition) is 4. The van der Waals surface area contributed by atoms with Crippen LogP contribution in [0.4, 0.5) is 0 Å². The van der Waals surface area contributed by atoms with Crippen LogP contribution in [0.1, 0.15) is 92.9 Å². The minimum Gasteiger partial charge on any atom is -0.368 e. The summed E-state index contributed by atoms with van der Waals surface area (Å²) in [5, 5.41) is 9.39. The molecule has 0 aliphatic heterocycles. The summed E-state index contributed by atoms with van der Waals surface area (Å²) in [5.74, 6) is -0.252. The highest BCUT2D eigenvalue weighted by atomic mass is 16.2. The number of carbonyl (C=O) groups excluding carboxylic acids is 2. The molecule has 0 fully saturated rings. The van der Waals surface area contributed by atoms with E-state index in [-0.39, 0.29) is 29.4 Å². The van der Waals surface area contributed by atoms with Gasteiger partial charge in [0, 0.05) is 12.1 Å². The summed E-state index contributed by atoms with van der Waals surface area (Å²) >= 11 is 0. The van der Waals surface area contributed by atoms with Crippen LogP contribution in [0.15, 0.2) is 0 Å². The molecule has 2 amide bonds. The molecule has 0 radical (unpaired) electrons. The van der Waals surface area contributed by atoms with Crippen LogP contribution in [0.3, 0.4) is 0 Å². The predicted octanol–water partition coefficient (Wildman–Crippen LogP) is 3.10. The van der Waals surface area contributed by atoms with Gasteiger partial charge in [0.1, 0.15) is 0 Å². The minimum atomic E-state index is -0.325. The molecule has 0 saturated heterocycles. The maximum atomic E-state index is 12.3. The maximum absolute atomic E-state index is 12.3. The van der Waals surface area contributed by atoms with E-state index in [1.807, 2.05) is 27.8 Å². The van der Waals surface area contributed by atoms with Crippen molar-refractivity contribution in [1.82, 2.24) is 16.0 Å². The predicted molar refractivity (Wildman–Crippen MR) is 118 cm³/mol. The molecule has 0 aliphatic carbocycles. The summed E-state index contributed by atoms with van der Waals surface area (Å²) in [6.45, 7) is 13.5. The Bertz CT molecular complexity index is 452. The highest BCUT2D eigenvalue weighted by Crippen LogP contribution is 2.22. The van der Waals surface area contributed by atoms with Crippen molar-refractivity contribution in [3.8, 4) is 0 Å². The highest BCUT2D eigenvalue weighted by molar-refractivity contribution is 5.81. The lowest BCUT2D eigenvalue weighted by atomic mass is 9.89. The van der Waals surface area contributed by atoms with Gasteiger partial charge in [-0.05, 0) is 65.3 Å². The first-order valence-corrected chi connectivity index (χ1v) is 10.9. The van der Waals surface area contributed by atoms with Crippen LogP contribution < -0.4 is 21.7 Å². The molecular weight excluding hydrogens is 352 g/mol. The molecule has 0 unspecified atom stereocenters. The number of unbranched alkanes of at least 4 members (excludes halogenated alkanes) is 3. The van der Waals surface area contributed by atoms with Gasteiger partial charge in [0.2, 0.25) is 11.8 Å². The third-order valence-electron chi connectivity index (χ3n) is 4.75. The largest absolute Gasteiger partial charge is 0.368 e. The molecule has 166 valence electrons. The average Bonchev–Trinajstić information content (AvgIpc) is 2.54. The van der Waals surface area contributed by atoms with Gasteiger partial charge in [-0.1, -0.05) is 40.0 Å². The Balaban J connectivity index is 4.02. The van der Waals surface area contributed by atoms with Gasteiger partial charge in [-0.2, -0.15) is 0 Å². The van der Waals surface area contributed by atoms with Crippen LogP contribution in [0.25, 0.3) is 0 Å². The molecule has 0 rings (SSSR count). The van der Waals surface area contributed by atoms with Crippen molar-refractivity contribution < 1.29 is 9.59 Å². The lowest BCUT2D eigenvalue weighted by molar-refractivity contribution is -0.123. The van der Waals surface area contributed by atoms with E-state index in [0.717, 1.165) is 32.1 Å². The summed E-state index contributed by atoms with van der Waals surface area (Å²) in [4.78, 5) is 23.9. The average molecular weight is 399 g/mol. The fraction of sp³-hybridized carbons (Fsp3) is 0.909. The monoisotopic (exact) mass is 398 g/mol. The van der Waals surface area contributed by atoms with Gasteiger partial charge in [-0.25, -0.2) is 0 Å². The molecule has 0 aliphatic rings. The Morgan fingerprint density at radius 2 is 1.43 bits per heavy atom.